The summed E-state index contributed by atoms with van der Waals surface area (Å²) in [6, 6.07) is 13.7. The Morgan fingerprint density at radius 1 is 1.05 bits per heavy atom. The molecule has 12 heteroatoms. The number of nitrogens with one attached hydrogen (secondary N) is 1. The number of nitrogens with zero attached hydrogens (tertiary/aromatic N) is 4. The quantitative estimate of drug-likeness (QED) is 0.215. The van der Waals surface area contributed by atoms with E-state index in [-0.39, 0.29) is 10.6 Å². The topological polar surface area (TPSA) is 138 Å². The molecule has 1 aliphatic carbocycles. The minimum Gasteiger partial charge on any atom is -0.454 e. The van der Waals surface area contributed by atoms with Crippen LogP contribution in [0.3, 0.4) is 0 Å². The van der Waals surface area contributed by atoms with Crippen LogP contribution in [0.5, 0.6) is 11.5 Å². The van der Waals surface area contributed by atoms with Crippen molar-refractivity contribution in [3.8, 4) is 11.5 Å². The number of aromatic nitrogens is 4. The lowest BCUT2D eigenvalue weighted by atomic mass is 9.96. The molecule has 43 heavy (non-hydrogen) atoms. The van der Waals surface area contributed by atoms with E-state index in [0.717, 1.165) is 55.9 Å². The van der Waals surface area contributed by atoms with Gasteiger partial charge in [0.05, 0.1) is 22.8 Å². The van der Waals surface area contributed by atoms with Gasteiger partial charge in [0.2, 0.25) is 0 Å². The van der Waals surface area contributed by atoms with Crippen LogP contribution in [-0.2, 0) is 24.6 Å². The second kappa shape index (κ2) is 12.0. The van der Waals surface area contributed by atoms with Crippen molar-refractivity contribution in [1.82, 2.24) is 19.7 Å². The number of hydrogen-bond donors (Lipinski definition) is 2. The van der Waals surface area contributed by atoms with Crippen molar-refractivity contribution in [2.75, 3.05) is 25.1 Å². The van der Waals surface area contributed by atoms with E-state index in [1.165, 1.54) is 25.3 Å². The molecule has 2 aliphatic rings. The van der Waals surface area contributed by atoms with Gasteiger partial charge in [-0.25, -0.2) is 4.98 Å². The van der Waals surface area contributed by atoms with Crippen LogP contribution >= 0.6 is 0 Å². The molecule has 1 saturated heterocycles. The van der Waals surface area contributed by atoms with E-state index in [0.29, 0.717) is 29.2 Å². The fraction of sp³-hybridized carbons (Fsp3) is 0.387. The molecule has 1 atom stereocenters. The van der Waals surface area contributed by atoms with Crippen LogP contribution in [0.1, 0.15) is 61.5 Å². The van der Waals surface area contributed by atoms with Gasteiger partial charge in [0.15, 0.2) is 5.75 Å². The number of rotatable bonds is 11. The highest BCUT2D eigenvalue weighted by atomic mass is 32.2. The monoisotopic (exact) mass is 605 g/mol. The lowest BCUT2D eigenvalue weighted by Gasteiger charge is -2.23. The Hall–Kier alpha value is -3.84. The molecule has 4 aromatic rings. The van der Waals surface area contributed by atoms with E-state index in [1.54, 1.807) is 42.6 Å². The third-order valence-corrected chi connectivity index (χ3v) is 8.88. The van der Waals surface area contributed by atoms with Crippen LogP contribution in [0.4, 0.5) is 11.5 Å². The highest BCUT2D eigenvalue weighted by molar-refractivity contribution is 7.86. The van der Waals surface area contributed by atoms with Gasteiger partial charge in [0, 0.05) is 43.3 Å². The molecular formula is C31H35N5O6S. The molecule has 0 bridgehead atoms. The van der Waals surface area contributed by atoms with E-state index in [2.05, 4.69) is 15.3 Å². The van der Waals surface area contributed by atoms with Crippen LogP contribution in [0.2, 0.25) is 0 Å². The Morgan fingerprint density at radius 2 is 1.79 bits per heavy atom. The first-order chi connectivity index (χ1) is 20.7. The van der Waals surface area contributed by atoms with Gasteiger partial charge in [-0.15, -0.1) is 0 Å². The van der Waals surface area contributed by atoms with Crippen molar-refractivity contribution in [2.45, 2.75) is 62.0 Å². The molecular weight excluding hydrogens is 570 g/mol. The first kappa shape index (κ1) is 29.2. The van der Waals surface area contributed by atoms with Gasteiger partial charge in [-0.2, -0.15) is 13.5 Å². The van der Waals surface area contributed by atoms with Crippen molar-refractivity contribution in [3.63, 3.8) is 0 Å². The van der Waals surface area contributed by atoms with Crippen LogP contribution in [-0.4, -0.2) is 53.1 Å². The number of pyridine rings is 2. The average molecular weight is 606 g/mol. The van der Waals surface area contributed by atoms with Crippen molar-refractivity contribution < 1.29 is 27.2 Å². The minimum absolute atomic E-state index is 0.0187. The maximum Gasteiger partial charge on any atom is 0.297 e. The normalized spacial score (nSPS) is 17.4. The van der Waals surface area contributed by atoms with E-state index in [4.69, 9.17) is 18.8 Å². The molecule has 2 N–H and O–H groups in total. The standard InChI is InChI=1S/C31H35N5O6S/c1-21-3-7-26(8-4-21)43(38,39)41-20-31(2,37)28-17-23(9-13-32-28)34-29-18-25(10-14-33-29)42-27-19-36(24-5-6-24)35-30(27)22-11-15-40-16-12-22/h3-4,7-10,13-14,17-19,22,24,37H,5-6,11-12,15-16,20H2,1-2H3,(H,32,33,34). The van der Waals surface area contributed by atoms with Crippen molar-refractivity contribution >= 4 is 21.6 Å². The highest BCUT2D eigenvalue weighted by Gasteiger charge is 2.31. The fourth-order valence-corrected chi connectivity index (χ4v) is 5.90. The number of ether oxygens (including phenoxy) is 2. The Labute approximate surface area is 251 Å². The molecule has 0 radical (unpaired) electrons. The minimum atomic E-state index is -4.06. The number of aliphatic hydroxyl groups is 1. The summed E-state index contributed by atoms with van der Waals surface area (Å²) in [5, 5.41) is 19.2. The van der Waals surface area contributed by atoms with Crippen molar-refractivity contribution in [2.24, 2.45) is 0 Å². The molecule has 11 nitrogen and oxygen atoms in total. The van der Waals surface area contributed by atoms with Crippen LogP contribution in [0, 0.1) is 6.92 Å². The number of benzene rings is 1. The number of hydrogen-bond acceptors (Lipinski definition) is 10. The van der Waals surface area contributed by atoms with Crippen LogP contribution in [0.15, 0.2) is 72.0 Å². The van der Waals surface area contributed by atoms with Crippen LogP contribution < -0.4 is 10.1 Å². The molecule has 1 saturated carbocycles. The predicted molar refractivity (Wildman–Crippen MR) is 159 cm³/mol. The smallest absolute Gasteiger partial charge is 0.297 e. The summed E-state index contributed by atoms with van der Waals surface area (Å²) in [5.74, 6) is 2.17. The zero-order chi connectivity index (χ0) is 30.0. The second-order valence-electron chi connectivity index (χ2n) is 11.3. The molecule has 226 valence electrons. The Kier molecular flexibility index (Phi) is 8.19. The van der Waals surface area contributed by atoms with Gasteiger partial charge in [0.25, 0.3) is 10.1 Å². The van der Waals surface area contributed by atoms with Gasteiger partial charge in [-0.05, 0) is 69.9 Å². The Morgan fingerprint density at radius 3 is 2.53 bits per heavy atom. The SMILES string of the molecule is Cc1ccc(S(=O)(=O)OCC(C)(O)c2cc(Nc3cc(Oc4cn(C5CC5)nc4C4CCOCC4)ccn3)ccn2)cc1. The molecule has 2 fully saturated rings. The summed E-state index contributed by atoms with van der Waals surface area (Å²) in [7, 11) is -4.06. The molecule has 1 aromatic carbocycles. The molecule has 1 unspecified atom stereocenters. The summed E-state index contributed by atoms with van der Waals surface area (Å²) in [6.45, 7) is 4.25. The average Bonchev–Trinajstić information content (AvgIpc) is 3.77. The third-order valence-electron chi connectivity index (χ3n) is 7.60. The fourth-order valence-electron chi connectivity index (χ4n) is 4.91. The van der Waals surface area contributed by atoms with E-state index in [9.17, 15) is 13.5 Å². The lowest BCUT2D eigenvalue weighted by molar-refractivity contribution is 0.00606. The third kappa shape index (κ3) is 7.04. The van der Waals surface area contributed by atoms with Gasteiger partial charge >= 0.3 is 0 Å². The van der Waals surface area contributed by atoms with Gasteiger partial charge in [-0.1, -0.05) is 17.7 Å². The Bertz CT molecular complexity index is 1680. The van der Waals surface area contributed by atoms with E-state index < -0.39 is 22.3 Å². The summed E-state index contributed by atoms with van der Waals surface area (Å²) < 4.78 is 44.4. The molecule has 4 heterocycles. The summed E-state index contributed by atoms with van der Waals surface area (Å²) in [6.07, 6.45) is 9.26. The van der Waals surface area contributed by atoms with Crippen molar-refractivity contribution in [3.05, 3.63) is 84.1 Å². The van der Waals surface area contributed by atoms with Gasteiger partial charge < -0.3 is 19.9 Å². The maximum atomic E-state index is 12.6. The van der Waals surface area contributed by atoms with E-state index in [1.807, 2.05) is 17.8 Å². The highest BCUT2D eigenvalue weighted by Crippen LogP contribution is 2.40. The van der Waals surface area contributed by atoms with Gasteiger partial charge in [-0.3, -0.25) is 13.8 Å². The number of anilines is 2. The van der Waals surface area contributed by atoms with Gasteiger partial charge in [0.1, 0.15) is 29.5 Å². The molecule has 3 aromatic heterocycles. The lowest BCUT2D eigenvalue weighted by Crippen LogP contribution is -2.30. The molecule has 6 rings (SSSR count). The predicted octanol–water partition coefficient (Wildman–Crippen LogP) is 5.36. The number of aryl methyl sites for hydroxylation is 1. The summed E-state index contributed by atoms with van der Waals surface area (Å²) in [4.78, 5) is 8.69. The first-order valence-electron chi connectivity index (χ1n) is 14.4. The maximum absolute atomic E-state index is 12.6. The van der Waals surface area contributed by atoms with Crippen molar-refractivity contribution in [1.29, 1.82) is 0 Å². The second-order valence-corrected chi connectivity index (χ2v) is 12.9. The summed E-state index contributed by atoms with van der Waals surface area (Å²) >= 11 is 0. The Balaban J connectivity index is 1.15. The zero-order valence-electron chi connectivity index (χ0n) is 24.1. The molecule has 1 aliphatic heterocycles. The first-order valence-corrected chi connectivity index (χ1v) is 15.8. The van der Waals surface area contributed by atoms with Crippen LogP contribution in [0.25, 0.3) is 0 Å². The zero-order valence-corrected chi connectivity index (χ0v) is 25.0. The summed E-state index contributed by atoms with van der Waals surface area (Å²) in [5.41, 5.74) is 1.04. The van der Waals surface area contributed by atoms with E-state index >= 15 is 0 Å². The molecule has 0 spiro atoms. The largest absolute Gasteiger partial charge is 0.454 e. The molecule has 0 amide bonds.